The van der Waals surface area contributed by atoms with Gasteiger partial charge in [0, 0.05) is 12.5 Å². The number of alkyl halides is 3. The van der Waals surface area contributed by atoms with Crippen molar-refractivity contribution in [3.05, 3.63) is 53.5 Å². The Morgan fingerprint density at radius 1 is 1.20 bits per heavy atom. The first-order valence-corrected chi connectivity index (χ1v) is 9.35. The van der Waals surface area contributed by atoms with E-state index < -0.39 is 29.7 Å². The van der Waals surface area contributed by atoms with E-state index >= 15 is 0 Å². The van der Waals surface area contributed by atoms with E-state index in [4.69, 9.17) is 11.6 Å². The Kier molecular flexibility index (Phi) is 4.92. The lowest BCUT2D eigenvalue weighted by Crippen LogP contribution is -2.64. The molecule has 30 heavy (non-hydrogen) atoms. The third-order valence-corrected chi connectivity index (χ3v) is 5.29. The van der Waals surface area contributed by atoms with Crippen LogP contribution in [-0.2, 0) is 4.79 Å². The van der Waals surface area contributed by atoms with E-state index in [1.165, 1.54) is 0 Å². The highest BCUT2D eigenvalue weighted by Crippen LogP contribution is 2.37. The van der Waals surface area contributed by atoms with E-state index in [2.05, 4.69) is 15.3 Å². The van der Waals surface area contributed by atoms with E-state index in [1.54, 1.807) is 11.5 Å². The highest BCUT2D eigenvalue weighted by molar-refractivity contribution is 6.30. The molecule has 1 saturated heterocycles. The van der Waals surface area contributed by atoms with E-state index in [-0.39, 0.29) is 29.9 Å². The van der Waals surface area contributed by atoms with Gasteiger partial charge < -0.3 is 10.6 Å². The van der Waals surface area contributed by atoms with Crippen LogP contribution in [0, 0.1) is 5.92 Å². The Morgan fingerprint density at radius 3 is 2.60 bits per heavy atom. The number of halogens is 4. The summed E-state index contributed by atoms with van der Waals surface area (Å²) in [4.78, 5) is 32.9. The quantitative estimate of drug-likeness (QED) is 0.608. The molecule has 1 aliphatic carbocycles. The molecular weight excluding hydrogens is 425 g/mol. The molecule has 2 aliphatic heterocycles. The predicted molar refractivity (Wildman–Crippen MR) is 101 cm³/mol. The summed E-state index contributed by atoms with van der Waals surface area (Å²) in [5, 5.41) is 6.92. The first-order chi connectivity index (χ1) is 14.2. The zero-order chi connectivity index (χ0) is 21.5. The Labute approximate surface area is 173 Å². The average Bonchev–Trinajstić information content (AvgIpc) is 3.21. The summed E-state index contributed by atoms with van der Waals surface area (Å²) in [5.41, 5.74) is -2.48. The zero-order valence-electron chi connectivity index (χ0n) is 15.3. The van der Waals surface area contributed by atoms with E-state index in [1.807, 2.05) is 29.6 Å². The van der Waals surface area contributed by atoms with Crippen LogP contribution in [0.1, 0.15) is 6.42 Å². The number of rotatable bonds is 5. The zero-order valence-corrected chi connectivity index (χ0v) is 16.0. The van der Waals surface area contributed by atoms with Gasteiger partial charge in [-0.3, -0.25) is 15.0 Å². The van der Waals surface area contributed by atoms with Crippen LogP contribution in [-0.4, -0.2) is 51.2 Å². The Hall–Kier alpha value is -3.08. The van der Waals surface area contributed by atoms with Crippen molar-refractivity contribution in [3.8, 4) is 0 Å². The van der Waals surface area contributed by atoms with Crippen molar-refractivity contribution in [2.45, 2.75) is 24.3 Å². The Bertz CT molecular complexity index is 962. The number of hydrogen-bond acceptors (Lipinski definition) is 6. The summed E-state index contributed by atoms with van der Waals surface area (Å²) in [5.74, 6) is -1.94. The third kappa shape index (κ3) is 3.38. The molecule has 3 amide bonds. The second-order valence-electron chi connectivity index (χ2n) is 6.94. The number of hydrogen-bond donors (Lipinski definition) is 3. The summed E-state index contributed by atoms with van der Waals surface area (Å²) < 4.78 is 41.7. The number of nitrogens with zero attached hydrogens (tertiary/aromatic N) is 3. The van der Waals surface area contributed by atoms with Gasteiger partial charge in [-0.15, -0.1) is 0 Å². The van der Waals surface area contributed by atoms with Gasteiger partial charge in [0.05, 0.1) is 23.5 Å². The van der Waals surface area contributed by atoms with Crippen LogP contribution in [0.25, 0.3) is 0 Å². The van der Waals surface area contributed by atoms with Crippen LogP contribution in [0.4, 0.5) is 23.9 Å². The highest BCUT2D eigenvalue weighted by Gasteiger charge is 2.68. The molecule has 1 aromatic heterocycles. The van der Waals surface area contributed by atoms with Crippen molar-refractivity contribution in [3.63, 3.8) is 0 Å². The first-order valence-electron chi connectivity index (χ1n) is 8.98. The average molecular weight is 441 g/mol. The molecule has 0 aromatic carbocycles. The van der Waals surface area contributed by atoms with Crippen LogP contribution in [0.3, 0.4) is 0 Å². The van der Waals surface area contributed by atoms with Gasteiger partial charge in [0.2, 0.25) is 5.95 Å². The number of nitrogens with one attached hydrogen (secondary N) is 3. The van der Waals surface area contributed by atoms with Gasteiger partial charge in [-0.1, -0.05) is 35.9 Å². The maximum absolute atomic E-state index is 13.9. The summed E-state index contributed by atoms with van der Waals surface area (Å²) in [6.45, 7) is -0.208. The highest BCUT2D eigenvalue weighted by atomic mass is 35.5. The number of aromatic nitrogens is 2. The van der Waals surface area contributed by atoms with Crippen LogP contribution in [0.15, 0.2) is 48.5 Å². The topological polar surface area (TPSA) is 99.2 Å². The molecule has 3 heterocycles. The second kappa shape index (κ2) is 7.31. The van der Waals surface area contributed by atoms with Crippen molar-refractivity contribution in [2.24, 2.45) is 5.92 Å². The number of anilines is 1. The maximum Gasteiger partial charge on any atom is 0.440 e. The standard InChI is InChI=1S/C18H16ClF3N6O2/c19-11-8-24-15(25-9-11)26-17(18(20,21)22)14(29)28(16(30)27-17)6-5-10-7-23-13-4-2-1-3-12(10)13/h1-4,7-9,12-13,23H,5-6H2,(H,27,30)(H,24,25,26)/t12-,13+,17-/m0/s1. The monoisotopic (exact) mass is 440 g/mol. The van der Waals surface area contributed by atoms with E-state index in [0.717, 1.165) is 18.0 Å². The second-order valence-corrected chi connectivity index (χ2v) is 7.38. The molecule has 3 N–H and O–H groups in total. The summed E-state index contributed by atoms with van der Waals surface area (Å²) in [6.07, 6.45) is 6.69. The molecule has 0 spiro atoms. The molecule has 0 radical (unpaired) electrons. The maximum atomic E-state index is 13.9. The van der Waals surface area contributed by atoms with Crippen LogP contribution in [0.5, 0.6) is 0 Å². The third-order valence-electron chi connectivity index (χ3n) is 5.10. The lowest BCUT2D eigenvalue weighted by atomic mass is 9.90. The normalized spacial score (nSPS) is 27.6. The molecular formula is C18H16ClF3N6O2. The lowest BCUT2D eigenvalue weighted by molar-refractivity contribution is -0.188. The van der Waals surface area contributed by atoms with Crippen molar-refractivity contribution >= 4 is 29.5 Å². The minimum atomic E-state index is -5.15. The van der Waals surface area contributed by atoms with Gasteiger partial charge >= 0.3 is 12.2 Å². The molecule has 0 unspecified atom stereocenters. The number of carbonyl (C=O) groups excluding carboxylic acids is 2. The smallest absolute Gasteiger partial charge is 0.384 e. The first kappa shape index (κ1) is 20.2. The Balaban J connectivity index is 1.52. The number of imide groups is 1. The largest absolute Gasteiger partial charge is 0.440 e. The molecule has 4 rings (SSSR count). The number of urea groups is 1. The van der Waals surface area contributed by atoms with Gasteiger partial charge in [0.15, 0.2) is 0 Å². The summed E-state index contributed by atoms with van der Waals surface area (Å²) in [6, 6.07) is -1.09. The minimum Gasteiger partial charge on any atom is -0.384 e. The van der Waals surface area contributed by atoms with Crippen molar-refractivity contribution < 1.29 is 22.8 Å². The van der Waals surface area contributed by atoms with Crippen LogP contribution in [0.2, 0.25) is 5.02 Å². The summed E-state index contributed by atoms with van der Waals surface area (Å²) in [7, 11) is 0. The molecule has 12 heteroatoms. The van der Waals surface area contributed by atoms with Crippen molar-refractivity contribution in [1.82, 2.24) is 25.5 Å². The van der Waals surface area contributed by atoms with Crippen LogP contribution < -0.4 is 16.0 Å². The SMILES string of the molecule is O=C1N[C@](Nc2ncc(Cl)cn2)(C(F)(F)F)C(=O)N1CCC1=CN[C@@H]2C=CC=C[C@@H]12. The number of allylic oxidation sites excluding steroid dienone is 2. The predicted octanol–water partition coefficient (Wildman–Crippen LogP) is 2.34. The minimum absolute atomic E-state index is 0.0312. The fourth-order valence-electron chi connectivity index (χ4n) is 3.57. The fraction of sp³-hybridized carbons (Fsp3) is 0.333. The van der Waals surface area contributed by atoms with E-state index in [9.17, 15) is 22.8 Å². The van der Waals surface area contributed by atoms with Gasteiger partial charge in [-0.05, 0) is 18.2 Å². The molecule has 0 saturated carbocycles. The lowest BCUT2D eigenvalue weighted by Gasteiger charge is -2.29. The van der Waals surface area contributed by atoms with Crippen molar-refractivity contribution in [1.29, 1.82) is 0 Å². The molecule has 0 bridgehead atoms. The molecule has 8 nitrogen and oxygen atoms in total. The molecule has 1 fully saturated rings. The van der Waals surface area contributed by atoms with Crippen molar-refractivity contribution in [2.75, 3.05) is 11.9 Å². The fourth-order valence-corrected chi connectivity index (χ4v) is 3.67. The van der Waals surface area contributed by atoms with Gasteiger partial charge in [-0.25, -0.2) is 14.8 Å². The molecule has 158 valence electrons. The Morgan fingerprint density at radius 2 is 1.90 bits per heavy atom. The summed E-state index contributed by atoms with van der Waals surface area (Å²) >= 11 is 5.64. The van der Waals surface area contributed by atoms with E-state index in [0.29, 0.717) is 4.90 Å². The number of carbonyl (C=O) groups is 2. The molecule has 1 aromatic rings. The number of fused-ring (bicyclic) bond motifs is 1. The molecule has 3 aliphatic rings. The van der Waals surface area contributed by atoms with Gasteiger partial charge in [0.1, 0.15) is 0 Å². The molecule has 3 atom stereocenters. The van der Waals surface area contributed by atoms with Gasteiger partial charge in [-0.2, -0.15) is 13.2 Å². The van der Waals surface area contributed by atoms with Gasteiger partial charge in [0.25, 0.3) is 11.6 Å². The van der Waals surface area contributed by atoms with Crippen LogP contribution >= 0.6 is 11.6 Å². The number of amides is 3.